The number of hydrogen-bond acceptors (Lipinski definition) is 4. The van der Waals surface area contributed by atoms with Crippen LogP contribution in [0.3, 0.4) is 0 Å². The molecule has 0 spiro atoms. The minimum Gasteiger partial charge on any atom is -0.496 e. The summed E-state index contributed by atoms with van der Waals surface area (Å²) >= 11 is 6.01. The Labute approximate surface area is 111 Å². The largest absolute Gasteiger partial charge is 0.496 e. The highest BCUT2D eigenvalue weighted by atomic mass is 35.5. The molecule has 1 aromatic carbocycles. The zero-order valence-electron chi connectivity index (χ0n) is 10.3. The number of anilines is 1. The van der Waals surface area contributed by atoms with Crippen molar-refractivity contribution in [3.8, 4) is 5.75 Å². The summed E-state index contributed by atoms with van der Waals surface area (Å²) in [5.41, 5.74) is 1.07. The fourth-order valence-electron chi connectivity index (χ4n) is 1.73. The van der Waals surface area contributed by atoms with Gasteiger partial charge in [0.25, 0.3) is 0 Å². The molecule has 0 amide bonds. The molecule has 0 aliphatic carbocycles. The van der Waals surface area contributed by atoms with Crippen molar-refractivity contribution in [3.05, 3.63) is 47.4 Å². The summed E-state index contributed by atoms with van der Waals surface area (Å²) in [5, 5.41) is 0.398. The number of ether oxygens (including phenoxy) is 1. The molecule has 0 N–H and O–H groups in total. The van der Waals surface area contributed by atoms with Gasteiger partial charge in [-0.05, 0) is 6.07 Å². The number of rotatable bonds is 4. The van der Waals surface area contributed by atoms with E-state index in [4.69, 9.17) is 16.3 Å². The summed E-state index contributed by atoms with van der Waals surface area (Å²) in [6.45, 7) is 0.655. The van der Waals surface area contributed by atoms with Gasteiger partial charge < -0.3 is 9.64 Å². The Bertz CT molecular complexity index is 533. The van der Waals surface area contributed by atoms with Crippen LogP contribution in [0.2, 0.25) is 5.15 Å². The highest BCUT2D eigenvalue weighted by molar-refractivity contribution is 6.31. The van der Waals surface area contributed by atoms with Crippen molar-refractivity contribution in [1.29, 1.82) is 0 Å². The molecule has 0 saturated carbocycles. The van der Waals surface area contributed by atoms with Gasteiger partial charge >= 0.3 is 0 Å². The van der Waals surface area contributed by atoms with Gasteiger partial charge in [-0.15, -0.1) is 0 Å². The summed E-state index contributed by atoms with van der Waals surface area (Å²) in [7, 11) is 3.58. The molecule has 0 aliphatic rings. The van der Waals surface area contributed by atoms with Gasteiger partial charge in [-0.3, -0.25) is 0 Å². The van der Waals surface area contributed by atoms with E-state index in [9.17, 15) is 0 Å². The molecule has 0 fully saturated rings. The highest BCUT2D eigenvalue weighted by Crippen LogP contribution is 2.24. The number of aromatic nitrogens is 2. The summed E-state index contributed by atoms with van der Waals surface area (Å²) in [4.78, 5) is 10.2. The molecule has 0 radical (unpaired) electrons. The highest BCUT2D eigenvalue weighted by Gasteiger charge is 2.10. The molecule has 2 rings (SSSR count). The van der Waals surface area contributed by atoms with Crippen molar-refractivity contribution in [2.45, 2.75) is 6.54 Å². The van der Waals surface area contributed by atoms with Gasteiger partial charge in [-0.2, -0.15) is 0 Å². The van der Waals surface area contributed by atoms with E-state index in [2.05, 4.69) is 9.97 Å². The molecule has 0 unspecified atom stereocenters. The quantitative estimate of drug-likeness (QED) is 0.850. The summed E-state index contributed by atoms with van der Waals surface area (Å²) < 4.78 is 5.32. The number of para-hydroxylation sites is 1. The van der Waals surface area contributed by atoms with E-state index in [0.717, 1.165) is 11.3 Å². The molecule has 0 aliphatic heterocycles. The maximum Gasteiger partial charge on any atom is 0.171 e. The average molecular weight is 264 g/mol. The molecule has 18 heavy (non-hydrogen) atoms. The van der Waals surface area contributed by atoms with Gasteiger partial charge in [0.05, 0.1) is 7.11 Å². The smallest absolute Gasteiger partial charge is 0.171 e. The third-order valence-electron chi connectivity index (χ3n) is 2.60. The fourth-order valence-corrected chi connectivity index (χ4v) is 1.98. The molecule has 94 valence electrons. The van der Waals surface area contributed by atoms with Crippen LogP contribution < -0.4 is 9.64 Å². The van der Waals surface area contributed by atoms with E-state index in [1.165, 1.54) is 0 Å². The predicted molar refractivity (Wildman–Crippen MR) is 72.1 cm³/mol. The van der Waals surface area contributed by atoms with Crippen molar-refractivity contribution in [2.75, 3.05) is 19.1 Å². The van der Waals surface area contributed by atoms with Crippen LogP contribution in [0.5, 0.6) is 5.75 Å². The molecular weight excluding hydrogens is 250 g/mol. The predicted octanol–water partition coefficient (Wildman–Crippen LogP) is 2.78. The summed E-state index contributed by atoms with van der Waals surface area (Å²) in [6, 6.07) is 7.86. The van der Waals surface area contributed by atoms with E-state index in [0.29, 0.717) is 17.5 Å². The lowest BCUT2D eigenvalue weighted by Gasteiger charge is -2.19. The van der Waals surface area contributed by atoms with Crippen molar-refractivity contribution in [3.63, 3.8) is 0 Å². The Morgan fingerprint density at radius 1 is 1.22 bits per heavy atom. The Hall–Kier alpha value is -1.81. The van der Waals surface area contributed by atoms with Crippen LogP contribution in [0, 0.1) is 0 Å². The first-order chi connectivity index (χ1) is 8.72. The Morgan fingerprint density at radius 3 is 2.67 bits per heavy atom. The minimum absolute atomic E-state index is 0.398. The van der Waals surface area contributed by atoms with E-state index in [1.54, 1.807) is 19.5 Å². The molecule has 4 nitrogen and oxygen atoms in total. The lowest BCUT2D eigenvalue weighted by Crippen LogP contribution is -2.18. The van der Waals surface area contributed by atoms with Crippen LogP contribution in [0.4, 0.5) is 5.82 Å². The molecule has 0 saturated heterocycles. The zero-order chi connectivity index (χ0) is 13.0. The van der Waals surface area contributed by atoms with E-state index in [1.807, 2.05) is 36.2 Å². The van der Waals surface area contributed by atoms with Gasteiger partial charge in [-0.25, -0.2) is 9.97 Å². The van der Waals surface area contributed by atoms with Crippen molar-refractivity contribution >= 4 is 17.4 Å². The summed E-state index contributed by atoms with van der Waals surface area (Å²) in [5.74, 6) is 1.51. The topological polar surface area (TPSA) is 38.2 Å². The molecular formula is C13H14ClN3O. The molecule has 2 aromatic rings. The first kappa shape index (κ1) is 12.6. The molecule has 1 aromatic heterocycles. The number of hydrogen-bond donors (Lipinski definition) is 0. The SMILES string of the molecule is COc1ccccc1CN(C)c1nccnc1Cl. The Kier molecular flexibility index (Phi) is 3.99. The number of benzene rings is 1. The van der Waals surface area contributed by atoms with E-state index < -0.39 is 0 Å². The van der Waals surface area contributed by atoms with E-state index in [-0.39, 0.29) is 0 Å². The van der Waals surface area contributed by atoms with Crippen molar-refractivity contribution in [2.24, 2.45) is 0 Å². The van der Waals surface area contributed by atoms with E-state index >= 15 is 0 Å². The van der Waals surface area contributed by atoms with Gasteiger partial charge in [0.1, 0.15) is 5.75 Å². The first-order valence-electron chi connectivity index (χ1n) is 5.52. The lowest BCUT2D eigenvalue weighted by molar-refractivity contribution is 0.409. The lowest BCUT2D eigenvalue weighted by atomic mass is 10.2. The van der Waals surface area contributed by atoms with Crippen LogP contribution in [-0.4, -0.2) is 24.1 Å². The Balaban J connectivity index is 2.21. The standard InChI is InChI=1S/C13H14ClN3O/c1-17(13-12(14)15-7-8-16-13)9-10-5-3-4-6-11(10)18-2/h3-8H,9H2,1-2H3. The van der Waals surface area contributed by atoms with Gasteiger partial charge in [0.2, 0.25) is 0 Å². The van der Waals surface area contributed by atoms with Crippen LogP contribution in [0.25, 0.3) is 0 Å². The van der Waals surface area contributed by atoms with Crippen molar-refractivity contribution in [1.82, 2.24) is 9.97 Å². The number of nitrogens with zero attached hydrogens (tertiary/aromatic N) is 3. The van der Waals surface area contributed by atoms with Crippen LogP contribution in [-0.2, 0) is 6.54 Å². The number of methoxy groups -OCH3 is 1. The van der Waals surface area contributed by atoms with Crippen LogP contribution >= 0.6 is 11.6 Å². The third kappa shape index (κ3) is 2.71. The maximum absolute atomic E-state index is 6.01. The second-order valence-electron chi connectivity index (χ2n) is 3.84. The summed E-state index contributed by atoms with van der Waals surface area (Å²) in [6.07, 6.45) is 3.20. The van der Waals surface area contributed by atoms with Gasteiger partial charge in [0.15, 0.2) is 11.0 Å². The zero-order valence-corrected chi connectivity index (χ0v) is 11.1. The second-order valence-corrected chi connectivity index (χ2v) is 4.20. The normalized spacial score (nSPS) is 10.2. The number of halogens is 1. The average Bonchev–Trinajstić information content (AvgIpc) is 2.39. The third-order valence-corrected chi connectivity index (χ3v) is 2.86. The molecule has 5 heteroatoms. The van der Waals surface area contributed by atoms with Crippen molar-refractivity contribution < 1.29 is 4.74 Å². The molecule has 1 heterocycles. The fraction of sp³-hybridized carbons (Fsp3) is 0.231. The second kappa shape index (κ2) is 5.69. The van der Waals surface area contributed by atoms with Gasteiger partial charge in [0, 0.05) is 31.5 Å². The maximum atomic E-state index is 6.01. The molecule has 0 atom stereocenters. The first-order valence-corrected chi connectivity index (χ1v) is 5.89. The van der Waals surface area contributed by atoms with Crippen LogP contribution in [0.1, 0.15) is 5.56 Å². The monoisotopic (exact) mass is 263 g/mol. The molecule has 0 bridgehead atoms. The van der Waals surface area contributed by atoms with Gasteiger partial charge in [-0.1, -0.05) is 29.8 Å². The Morgan fingerprint density at radius 2 is 1.94 bits per heavy atom. The van der Waals surface area contributed by atoms with Crippen LogP contribution in [0.15, 0.2) is 36.7 Å². The minimum atomic E-state index is 0.398.